The Kier molecular flexibility index (Phi) is 2.91. The largest absolute Gasteiger partial charge is 0.354 e. The van der Waals surface area contributed by atoms with Crippen molar-refractivity contribution in [1.82, 2.24) is 9.97 Å². The van der Waals surface area contributed by atoms with E-state index in [9.17, 15) is 4.39 Å². The highest BCUT2D eigenvalue weighted by molar-refractivity contribution is 5.21. The van der Waals surface area contributed by atoms with E-state index in [1.54, 1.807) is 0 Å². The zero-order valence-electron chi connectivity index (χ0n) is 8.04. The first-order valence-electron chi connectivity index (χ1n) is 5.06. The number of aromatic nitrogens is 2. The lowest BCUT2D eigenvalue weighted by Gasteiger charge is -2.02. The van der Waals surface area contributed by atoms with Crippen molar-refractivity contribution in [2.45, 2.75) is 25.7 Å². The molecule has 14 heavy (non-hydrogen) atoms. The Hall–Kier alpha value is -1.19. The van der Waals surface area contributed by atoms with Crippen LogP contribution in [0.3, 0.4) is 0 Å². The van der Waals surface area contributed by atoms with Crippen LogP contribution >= 0.6 is 0 Å². The molecule has 1 saturated carbocycles. The lowest BCUT2D eigenvalue weighted by Crippen LogP contribution is -2.05. The number of halogens is 1. The fraction of sp³-hybridized carbons (Fsp3) is 0.600. The quantitative estimate of drug-likeness (QED) is 0.732. The van der Waals surface area contributed by atoms with Crippen molar-refractivity contribution in [3.05, 3.63) is 18.2 Å². The molecule has 1 N–H and O–H groups in total. The number of hydrogen-bond donors (Lipinski definition) is 1. The SMILES string of the molecule is Fc1cnc(NCCCC2CC2)nc1. The van der Waals surface area contributed by atoms with Gasteiger partial charge in [-0.05, 0) is 18.8 Å². The van der Waals surface area contributed by atoms with Gasteiger partial charge in [-0.2, -0.15) is 0 Å². The van der Waals surface area contributed by atoms with Crippen molar-refractivity contribution in [2.24, 2.45) is 5.92 Å². The molecule has 1 aromatic heterocycles. The molecule has 0 spiro atoms. The molecule has 0 aliphatic heterocycles. The molecule has 1 fully saturated rings. The molecular weight excluding hydrogens is 181 g/mol. The fourth-order valence-electron chi connectivity index (χ4n) is 1.40. The number of nitrogens with zero attached hydrogens (tertiary/aromatic N) is 2. The highest BCUT2D eigenvalue weighted by Crippen LogP contribution is 2.33. The number of hydrogen-bond acceptors (Lipinski definition) is 3. The van der Waals surface area contributed by atoms with Gasteiger partial charge < -0.3 is 5.32 Å². The summed E-state index contributed by atoms with van der Waals surface area (Å²) in [6.07, 6.45) is 7.58. The number of anilines is 1. The molecule has 76 valence electrons. The average Bonchev–Trinajstić information content (AvgIpc) is 2.99. The lowest BCUT2D eigenvalue weighted by atomic mass is 10.2. The van der Waals surface area contributed by atoms with Crippen LogP contribution in [0, 0.1) is 11.7 Å². The molecule has 0 bridgehead atoms. The van der Waals surface area contributed by atoms with Gasteiger partial charge in [0, 0.05) is 6.54 Å². The molecule has 1 aliphatic rings. The molecule has 0 aromatic carbocycles. The predicted molar refractivity (Wildman–Crippen MR) is 52.4 cm³/mol. The Balaban J connectivity index is 1.66. The van der Waals surface area contributed by atoms with Crippen molar-refractivity contribution in [3.63, 3.8) is 0 Å². The second kappa shape index (κ2) is 4.35. The van der Waals surface area contributed by atoms with Crippen molar-refractivity contribution in [2.75, 3.05) is 11.9 Å². The highest BCUT2D eigenvalue weighted by atomic mass is 19.1. The van der Waals surface area contributed by atoms with Gasteiger partial charge in [0.15, 0.2) is 5.82 Å². The van der Waals surface area contributed by atoms with Crippen LogP contribution in [0.4, 0.5) is 10.3 Å². The van der Waals surface area contributed by atoms with Crippen LogP contribution < -0.4 is 5.32 Å². The normalized spacial score (nSPS) is 15.5. The highest BCUT2D eigenvalue weighted by Gasteiger charge is 2.19. The Morgan fingerprint density at radius 2 is 2.07 bits per heavy atom. The van der Waals surface area contributed by atoms with Crippen LogP contribution in [0.15, 0.2) is 12.4 Å². The first-order valence-corrected chi connectivity index (χ1v) is 5.06. The van der Waals surface area contributed by atoms with E-state index in [1.165, 1.54) is 31.7 Å². The molecule has 2 rings (SSSR count). The third kappa shape index (κ3) is 2.94. The van der Waals surface area contributed by atoms with Gasteiger partial charge in [-0.15, -0.1) is 0 Å². The minimum absolute atomic E-state index is 0.395. The van der Waals surface area contributed by atoms with Gasteiger partial charge >= 0.3 is 0 Å². The van der Waals surface area contributed by atoms with Crippen LogP contribution in [-0.2, 0) is 0 Å². The van der Waals surface area contributed by atoms with Crippen LogP contribution in [0.25, 0.3) is 0 Å². The van der Waals surface area contributed by atoms with Gasteiger partial charge in [0.05, 0.1) is 12.4 Å². The minimum atomic E-state index is -0.395. The second-order valence-corrected chi connectivity index (χ2v) is 3.74. The summed E-state index contributed by atoms with van der Waals surface area (Å²) in [5.41, 5.74) is 0. The summed E-state index contributed by atoms with van der Waals surface area (Å²) < 4.78 is 12.4. The van der Waals surface area contributed by atoms with Gasteiger partial charge in [-0.1, -0.05) is 12.8 Å². The molecule has 0 unspecified atom stereocenters. The summed E-state index contributed by atoms with van der Waals surface area (Å²) >= 11 is 0. The van der Waals surface area contributed by atoms with E-state index in [-0.39, 0.29) is 0 Å². The van der Waals surface area contributed by atoms with Gasteiger partial charge in [0.1, 0.15) is 0 Å². The topological polar surface area (TPSA) is 37.8 Å². The Bertz CT molecular complexity index is 282. The number of nitrogens with one attached hydrogen (secondary N) is 1. The molecule has 4 heteroatoms. The first-order chi connectivity index (χ1) is 6.84. The Morgan fingerprint density at radius 3 is 2.71 bits per heavy atom. The summed E-state index contributed by atoms with van der Waals surface area (Å²) in [5, 5.41) is 3.07. The Labute approximate surface area is 82.8 Å². The molecule has 0 saturated heterocycles. The maximum atomic E-state index is 12.4. The standard InChI is InChI=1S/C10H14FN3/c11-9-6-13-10(14-7-9)12-5-1-2-8-3-4-8/h6-8H,1-5H2,(H,12,13,14). The molecule has 0 atom stereocenters. The van der Waals surface area contributed by atoms with Crippen molar-refractivity contribution >= 4 is 5.95 Å². The second-order valence-electron chi connectivity index (χ2n) is 3.74. The van der Waals surface area contributed by atoms with Crippen LogP contribution in [0.1, 0.15) is 25.7 Å². The lowest BCUT2D eigenvalue weighted by molar-refractivity contribution is 0.613. The molecule has 1 heterocycles. The van der Waals surface area contributed by atoms with E-state index in [2.05, 4.69) is 15.3 Å². The van der Waals surface area contributed by atoms with E-state index >= 15 is 0 Å². The van der Waals surface area contributed by atoms with Gasteiger partial charge in [-0.3, -0.25) is 0 Å². The minimum Gasteiger partial charge on any atom is -0.354 e. The zero-order valence-corrected chi connectivity index (χ0v) is 8.04. The predicted octanol–water partition coefficient (Wildman–Crippen LogP) is 2.22. The van der Waals surface area contributed by atoms with Crippen molar-refractivity contribution < 1.29 is 4.39 Å². The average molecular weight is 195 g/mol. The van der Waals surface area contributed by atoms with E-state index < -0.39 is 5.82 Å². The smallest absolute Gasteiger partial charge is 0.222 e. The molecular formula is C10H14FN3. The molecule has 1 aromatic rings. The first kappa shape index (κ1) is 9.37. The van der Waals surface area contributed by atoms with Gasteiger partial charge in [-0.25, -0.2) is 14.4 Å². The van der Waals surface area contributed by atoms with Crippen LogP contribution in [-0.4, -0.2) is 16.5 Å². The fourth-order valence-corrected chi connectivity index (χ4v) is 1.40. The molecule has 0 radical (unpaired) electrons. The van der Waals surface area contributed by atoms with Crippen LogP contribution in [0.5, 0.6) is 0 Å². The van der Waals surface area contributed by atoms with Crippen molar-refractivity contribution in [1.29, 1.82) is 0 Å². The summed E-state index contributed by atoms with van der Waals surface area (Å²) in [6.45, 7) is 0.877. The van der Waals surface area contributed by atoms with E-state index in [1.807, 2.05) is 0 Å². The van der Waals surface area contributed by atoms with Crippen LogP contribution in [0.2, 0.25) is 0 Å². The van der Waals surface area contributed by atoms with E-state index in [4.69, 9.17) is 0 Å². The summed E-state index contributed by atoms with van der Waals surface area (Å²) in [6, 6.07) is 0. The maximum absolute atomic E-state index is 12.4. The number of rotatable bonds is 5. The van der Waals surface area contributed by atoms with Crippen molar-refractivity contribution in [3.8, 4) is 0 Å². The van der Waals surface area contributed by atoms with Gasteiger partial charge in [0.25, 0.3) is 0 Å². The maximum Gasteiger partial charge on any atom is 0.222 e. The summed E-state index contributed by atoms with van der Waals surface area (Å²) in [7, 11) is 0. The van der Waals surface area contributed by atoms with E-state index in [0.29, 0.717) is 5.95 Å². The Morgan fingerprint density at radius 1 is 1.36 bits per heavy atom. The monoisotopic (exact) mass is 195 g/mol. The molecule has 1 aliphatic carbocycles. The molecule has 3 nitrogen and oxygen atoms in total. The summed E-state index contributed by atoms with van der Waals surface area (Å²) in [5.74, 6) is 1.08. The molecule has 0 amide bonds. The third-order valence-corrected chi connectivity index (χ3v) is 2.39. The summed E-state index contributed by atoms with van der Waals surface area (Å²) in [4.78, 5) is 7.63. The van der Waals surface area contributed by atoms with E-state index in [0.717, 1.165) is 18.9 Å². The zero-order chi connectivity index (χ0) is 9.80. The third-order valence-electron chi connectivity index (χ3n) is 2.39. The van der Waals surface area contributed by atoms with Gasteiger partial charge in [0.2, 0.25) is 5.95 Å².